The minimum Gasteiger partial charge on any atom is -0.497 e. The Hall–Kier alpha value is -0.480. The van der Waals surface area contributed by atoms with Gasteiger partial charge >= 0.3 is 0 Å². The number of rotatable bonds is 4. The Morgan fingerprint density at radius 1 is 1.39 bits per heavy atom. The fourth-order valence-electron chi connectivity index (χ4n) is 2.16. The molecule has 0 spiro atoms. The van der Waals surface area contributed by atoms with Crippen LogP contribution in [0.15, 0.2) is 24.3 Å². The predicted molar refractivity (Wildman–Crippen MR) is 80.3 cm³/mol. The first-order chi connectivity index (χ1) is 7.79. The van der Waals surface area contributed by atoms with Crippen molar-refractivity contribution in [2.45, 2.75) is 25.4 Å². The number of hydrogen-bond acceptors (Lipinski definition) is 3. The molecular formula is C13H22Cl2N2O. The summed E-state index contributed by atoms with van der Waals surface area (Å²) in [7, 11) is 1.71. The standard InChI is InChI=1S/C13H20N2O.2ClH/c1-10(15-12-6-7-14-9-12)11-4-3-5-13(8-11)16-2;;/h3-5,8,10,12,14-15H,6-7,9H2,1-2H3;2*1H/t10-,12+;;/m1../s1. The summed E-state index contributed by atoms with van der Waals surface area (Å²) in [5.74, 6) is 0.927. The molecule has 0 unspecified atom stereocenters. The van der Waals surface area contributed by atoms with E-state index in [0.717, 1.165) is 18.8 Å². The highest BCUT2D eigenvalue weighted by molar-refractivity contribution is 5.85. The molecule has 3 nitrogen and oxygen atoms in total. The van der Waals surface area contributed by atoms with Crippen molar-refractivity contribution in [3.05, 3.63) is 29.8 Å². The zero-order valence-corrected chi connectivity index (χ0v) is 12.4. The third-order valence-electron chi connectivity index (χ3n) is 3.14. The molecule has 5 heteroatoms. The van der Waals surface area contributed by atoms with Gasteiger partial charge in [-0.1, -0.05) is 12.1 Å². The number of hydrogen-bond donors (Lipinski definition) is 2. The van der Waals surface area contributed by atoms with Gasteiger partial charge < -0.3 is 15.4 Å². The zero-order valence-electron chi connectivity index (χ0n) is 10.8. The van der Waals surface area contributed by atoms with Crippen molar-refractivity contribution in [2.24, 2.45) is 0 Å². The molecule has 1 saturated heterocycles. The lowest BCUT2D eigenvalue weighted by Gasteiger charge is -2.19. The molecule has 1 aromatic rings. The Bertz CT molecular complexity index is 344. The van der Waals surface area contributed by atoms with Gasteiger partial charge in [0.25, 0.3) is 0 Å². The second kappa shape index (κ2) is 8.59. The lowest BCUT2D eigenvalue weighted by molar-refractivity contribution is 0.412. The molecular weight excluding hydrogens is 271 g/mol. The fourth-order valence-corrected chi connectivity index (χ4v) is 2.16. The molecule has 1 aliphatic rings. The summed E-state index contributed by atoms with van der Waals surface area (Å²) in [5.41, 5.74) is 1.28. The van der Waals surface area contributed by atoms with Gasteiger partial charge in [-0.25, -0.2) is 0 Å². The number of methoxy groups -OCH3 is 1. The van der Waals surface area contributed by atoms with Gasteiger partial charge in [0.1, 0.15) is 5.75 Å². The molecule has 1 fully saturated rings. The second-order valence-corrected chi connectivity index (χ2v) is 4.35. The van der Waals surface area contributed by atoms with E-state index >= 15 is 0 Å². The monoisotopic (exact) mass is 292 g/mol. The molecule has 2 rings (SSSR count). The highest BCUT2D eigenvalue weighted by Gasteiger charge is 2.17. The topological polar surface area (TPSA) is 33.3 Å². The van der Waals surface area contributed by atoms with E-state index in [9.17, 15) is 0 Å². The highest BCUT2D eigenvalue weighted by atomic mass is 35.5. The Morgan fingerprint density at radius 3 is 2.78 bits per heavy atom. The largest absolute Gasteiger partial charge is 0.497 e. The van der Waals surface area contributed by atoms with Gasteiger partial charge in [-0.2, -0.15) is 0 Å². The van der Waals surface area contributed by atoms with Gasteiger partial charge in [-0.3, -0.25) is 0 Å². The molecule has 0 radical (unpaired) electrons. The number of benzene rings is 1. The lowest BCUT2D eigenvalue weighted by atomic mass is 10.1. The van der Waals surface area contributed by atoms with Crippen molar-refractivity contribution in [2.75, 3.05) is 20.2 Å². The number of nitrogens with one attached hydrogen (secondary N) is 2. The SMILES string of the molecule is COc1cccc([C@@H](C)N[C@H]2CCNC2)c1.Cl.Cl. The van der Waals surface area contributed by atoms with E-state index in [1.165, 1.54) is 12.0 Å². The van der Waals surface area contributed by atoms with Gasteiger partial charge in [0.15, 0.2) is 0 Å². The fraction of sp³-hybridized carbons (Fsp3) is 0.538. The van der Waals surface area contributed by atoms with Crippen molar-refractivity contribution < 1.29 is 4.74 Å². The van der Waals surface area contributed by atoms with Crippen molar-refractivity contribution in [3.63, 3.8) is 0 Å². The van der Waals surface area contributed by atoms with Crippen LogP contribution in [-0.2, 0) is 0 Å². The summed E-state index contributed by atoms with van der Waals surface area (Å²) in [6, 6.07) is 9.23. The van der Waals surface area contributed by atoms with Crippen LogP contribution in [0.2, 0.25) is 0 Å². The van der Waals surface area contributed by atoms with E-state index in [0.29, 0.717) is 12.1 Å². The van der Waals surface area contributed by atoms with Crippen LogP contribution in [0.1, 0.15) is 24.9 Å². The van der Waals surface area contributed by atoms with Crippen LogP contribution >= 0.6 is 24.8 Å². The van der Waals surface area contributed by atoms with Crippen molar-refractivity contribution >= 4 is 24.8 Å². The van der Waals surface area contributed by atoms with E-state index in [2.05, 4.69) is 29.7 Å². The minimum atomic E-state index is 0. The molecule has 0 bridgehead atoms. The first-order valence-corrected chi connectivity index (χ1v) is 5.90. The van der Waals surface area contributed by atoms with Crippen LogP contribution in [0.3, 0.4) is 0 Å². The first-order valence-electron chi connectivity index (χ1n) is 5.90. The van der Waals surface area contributed by atoms with Crippen molar-refractivity contribution in [1.82, 2.24) is 10.6 Å². The van der Waals surface area contributed by atoms with Crippen LogP contribution in [0, 0.1) is 0 Å². The van der Waals surface area contributed by atoms with Crippen LogP contribution < -0.4 is 15.4 Å². The summed E-state index contributed by atoms with van der Waals surface area (Å²) >= 11 is 0. The van der Waals surface area contributed by atoms with E-state index in [4.69, 9.17) is 4.74 Å². The molecule has 0 aliphatic carbocycles. The predicted octanol–water partition coefficient (Wildman–Crippen LogP) is 2.55. The van der Waals surface area contributed by atoms with Crippen molar-refractivity contribution in [1.29, 1.82) is 0 Å². The van der Waals surface area contributed by atoms with E-state index < -0.39 is 0 Å². The molecule has 1 heterocycles. The van der Waals surface area contributed by atoms with Crippen molar-refractivity contribution in [3.8, 4) is 5.75 Å². The van der Waals surface area contributed by atoms with Gasteiger partial charge in [0.05, 0.1) is 7.11 Å². The van der Waals surface area contributed by atoms with Gasteiger partial charge in [0, 0.05) is 18.6 Å². The van der Waals surface area contributed by atoms with E-state index in [1.807, 2.05) is 12.1 Å². The van der Waals surface area contributed by atoms with Gasteiger partial charge in [-0.05, 0) is 37.6 Å². The average Bonchev–Trinajstić information content (AvgIpc) is 2.82. The molecule has 0 aromatic heterocycles. The number of ether oxygens (including phenoxy) is 1. The highest BCUT2D eigenvalue weighted by Crippen LogP contribution is 2.19. The maximum atomic E-state index is 5.23. The summed E-state index contributed by atoms with van der Waals surface area (Å²) in [6.07, 6.45) is 1.22. The number of halogens is 2. The molecule has 18 heavy (non-hydrogen) atoms. The summed E-state index contributed by atoms with van der Waals surface area (Å²) in [5, 5.41) is 6.99. The molecule has 0 saturated carbocycles. The summed E-state index contributed by atoms with van der Waals surface area (Å²) in [6.45, 7) is 4.41. The molecule has 0 amide bonds. The molecule has 1 aliphatic heterocycles. The second-order valence-electron chi connectivity index (χ2n) is 4.35. The Labute approximate surface area is 121 Å². The third kappa shape index (κ3) is 4.65. The smallest absolute Gasteiger partial charge is 0.119 e. The third-order valence-corrected chi connectivity index (χ3v) is 3.14. The maximum absolute atomic E-state index is 5.23. The Morgan fingerprint density at radius 2 is 2.17 bits per heavy atom. The zero-order chi connectivity index (χ0) is 11.4. The maximum Gasteiger partial charge on any atom is 0.119 e. The van der Waals surface area contributed by atoms with Gasteiger partial charge in [0.2, 0.25) is 0 Å². The normalized spacial score (nSPS) is 19.6. The van der Waals surface area contributed by atoms with Crippen LogP contribution in [0.5, 0.6) is 5.75 Å². The Balaban J connectivity index is 0.00000144. The molecule has 104 valence electrons. The minimum absolute atomic E-state index is 0. The van der Waals surface area contributed by atoms with Crippen LogP contribution in [0.4, 0.5) is 0 Å². The van der Waals surface area contributed by atoms with Crippen LogP contribution in [-0.4, -0.2) is 26.2 Å². The molecule has 1 aromatic carbocycles. The Kier molecular flexibility index (Phi) is 8.36. The average molecular weight is 293 g/mol. The molecule has 2 N–H and O–H groups in total. The lowest BCUT2D eigenvalue weighted by Crippen LogP contribution is -2.33. The van der Waals surface area contributed by atoms with Crippen LogP contribution in [0.25, 0.3) is 0 Å². The van der Waals surface area contributed by atoms with Gasteiger partial charge in [-0.15, -0.1) is 24.8 Å². The van der Waals surface area contributed by atoms with E-state index in [-0.39, 0.29) is 24.8 Å². The van der Waals surface area contributed by atoms with E-state index in [1.54, 1.807) is 7.11 Å². The first kappa shape index (κ1) is 17.5. The summed E-state index contributed by atoms with van der Waals surface area (Å²) in [4.78, 5) is 0. The quantitative estimate of drug-likeness (QED) is 0.895. The molecule has 2 atom stereocenters. The summed E-state index contributed by atoms with van der Waals surface area (Å²) < 4.78 is 5.23.